The molecular weight excluding hydrogens is 398 g/mol. The molecule has 1 heterocycles. The van der Waals surface area contributed by atoms with Crippen molar-refractivity contribution in [1.29, 1.82) is 0 Å². The van der Waals surface area contributed by atoms with Crippen molar-refractivity contribution in [1.82, 2.24) is 10.2 Å². The first-order valence-electron chi connectivity index (χ1n) is 10.4. The van der Waals surface area contributed by atoms with E-state index in [0.29, 0.717) is 19.6 Å². The van der Waals surface area contributed by atoms with Gasteiger partial charge in [0, 0.05) is 20.1 Å². The van der Waals surface area contributed by atoms with E-state index in [2.05, 4.69) is 34.3 Å². The second kappa shape index (κ2) is 10.6. The first kappa shape index (κ1) is 22.3. The number of rotatable bonds is 7. The minimum absolute atomic E-state index is 0.00440. The SMILES string of the molecule is CN=C(NCCCS(=O)(=O)Cc1ccccc1)N1CCOC(c2ccccc2C)C1. The van der Waals surface area contributed by atoms with Crippen molar-refractivity contribution in [3.05, 3.63) is 71.3 Å². The molecule has 1 aliphatic heterocycles. The van der Waals surface area contributed by atoms with Crippen LogP contribution >= 0.6 is 0 Å². The maximum absolute atomic E-state index is 12.4. The Bertz CT molecular complexity index is 945. The monoisotopic (exact) mass is 429 g/mol. The molecule has 162 valence electrons. The predicted octanol–water partition coefficient (Wildman–Crippen LogP) is 2.95. The van der Waals surface area contributed by atoms with Gasteiger partial charge in [0.05, 0.1) is 24.7 Å². The van der Waals surface area contributed by atoms with Crippen LogP contribution in [0.15, 0.2) is 59.6 Å². The summed E-state index contributed by atoms with van der Waals surface area (Å²) in [7, 11) is -1.37. The Morgan fingerprint density at radius 1 is 1.17 bits per heavy atom. The molecule has 0 aromatic heterocycles. The number of nitrogens with one attached hydrogen (secondary N) is 1. The Kier molecular flexibility index (Phi) is 7.87. The summed E-state index contributed by atoms with van der Waals surface area (Å²) < 4.78 is 30.7. The summed E-state index contributed by atoms with van der Waals surface area (Å²) in [5.74, 6) is 1.03. The van der Waals surface area contributed by atoms with Crippen LogP contribution < -0.4 is 5.32 Å². The van der Waals surface area contributed by atoms with Gasteiger partial charge < -0.3 is 15.0 Å². The number of aliphatic imine (C=N–C) groups is 1. The van der Waals surface area contributed by atoms with E-state index in [9.17, 15) is 8.42 Å². The van der Waals surface area contributed by atoms with Gasteiger partial charge in [-0.05, 0) is 30.0 Å². The number of ether oxygens (including phenoxy) is 1. The van der Waals surface area contributed by atoms with Crippen LogP contribution in [0.1, 0.15) is 29.2 Å². The highest BCUT2D eigenvalue weighted by molar-refractivity contribution is 7.90. The largest absolute Gasteiger partial charge is 0.370 e. The van der Waals surface area contributed by atoms with Gasteiger partial charge in [-0.25, -0.2) is 8.42 Å². The zero-order valence-corrected chi connectivity index (χ0v) is 18.6. The molecule has 0 amide bonds. The first-order valence-corrected chi connectivity index (χ1v) is 12.2. The maximum Gasteiger partial charge on any atom is 0.193 e. The molecule has 6 nitrogen and oxygen atoms in total. The van der Waals surface area contributed by atoms with E-state index in [-0.39, 0.29) is 17.6 Å². The van der Waals surface area contributed by atoms with Crippen LogP contribution in [0.25, 0.3) is 0 Å². The van der Waals surface area contributed by atoms with E-state index >= 15 is 0 Å². The highest BCUT2D eigenvalue weighted by Crippen LogP contribution is 2.24. The summed E-state index contributed by atoms with van der Waals surface area (Å²) in [5, 5.41) is 3.32. The van der Waals surface area contributed by atoms with E-state index < -0.39 is 9.84 Å². The van der Waals surface area contributed by atoms with E-state index in [0.717, 1.165) is 24.6 Å². The quantitative estimate of drug-likeness (QED) is 0.416. The Morgan fingerprint density at radius 3 is 2.63 bits per heavy atom. The van der Waals surface area contributed by atoms with Gasteiger partial charge in [-0.1, -0.05) is 54.6 Å². The maximum atomic E-state index is 12.4. The number of aryl methyl sites for hydroxylation is 1. The van der Waals surface area contributed by atoms with Crippen molar-refractivity contribution < 1.29 is 13.2 Å². The van der Waals surface area contributed by atoms with Gasteiger partial charge in [0.15, 0.2) is 15.8 Å². The number of guanidine groups is 1. The Labute approximate surface area is 179 Å². The van der Waals surface area contributed by atoms with Crippen LogP contribution in [-0.4, -0.2) is 58.3 Å². The molecule has 1 fully saturated rings. The molecule has 1 atom stereocenters. The average Bonchev–Trinajstić information content (AvgIpc) is 2.74. The van der Waals surface area contributed by atoms with Gasteiger partial charge in [0.2, 0.25) is 0 Å². The van der Waals surface area contributed by atoms with Gasteiger partial charge in [-0.2, -0.15) is 0 Å². The number of hydrogen-bond acceptors (Lipinski definition) is 4. The number of morpholine rings is 1. The van der Waals surface area contributed by atoms with Crippen LogP contribution in [0.3, 0.4) is 0 Å². The lowest BCUT2D eigenvalue weighted by Gasteiger charge is -2.35. The molecule has 1 N–H and O–H groups in total. The predicted molar refractivity (Wildman–Crippen MR) is 121 cm³/mol. The van der Waals surface area contributed by atoms with E-state index in [1.54, 1.807) is 7.05 Å². The van der Waals surface area contributed by atoms with E-state index in [1.807, 2.05) is 42.5 Å². The van der Waals surface area contributed by atoms with Crippen molar-refractivity contribution in [2.75, 3.05) is 39.0 Å². The van der Waals surface area contributed by atoms with Crippen LogP contribution in [0.5, 0.6) is 0 Å². The molecule has 7 heteroatoms. The highest BCUT2D eigenvalue weighted by atomic mass is 32.2. The number of benzene rings is 2. The van der Waals surface area contributed by atoms with Gasteiger partial charge in [0.1, 0.15) is 6.10 Å². The fraction of sp³-hybridized carbons (Fsp3) is 0.435. The van der Waals surface area contributed by atoms with Crippen molar-refractivity contribution in [2.24, 2.45) is 4.99 Å². The lowest BCUT2D eigenvalue weighted by atomic mass is 10.0. The molecule has 1 unspecified atom stereocenters. The van der Waals surface area contributed by atoms with Crippen molar-refractivity contribution in [2.45, 2.75) is 25.2 Å². The van der Waals surface area contributed by atoms with Crippen LogP contribution in [0.4, 0.5) is 0 Å². The molecule has 30 heavy (non-hydrogen) atoms. The Morgan fingerprint density at radius 2 is 1.90 bits per heavy atom. The first-order chi connectivity index (χ1) is 14.5. The summed E-state index contributed by atoms with van der Waals surface area (Å²) in [6.07, 6.45) is 0.546. The molecular formula is C23H31N3O3S. The molecule has 0 radical (unpaired) electrons. The van der Waals surface area contributed by atoms with Crippen LogP contribution in [0, 0.1) is 6.92 Å². The summed E-state index contributed by atoms with van der Waals surface area (Å²) in [6.45, 7) is 4.77. The minimum atomic E-state index is -3.13. The van der Waals surface area contributed by atoms with Gasteiger partial charge in [0.25, 0.3) is 0 Å². The number of nitrogens with zero attached hydrogens (tertiary/aromatic N) is 2. The Balaban J connectivity index is 1.49. The average molecular weight is 430 g/mol. The van der Waals surface area contributed by atoms with Gasteiger partial charge in [-0.15, -0.1) is 0 Å². The van der Waals surface area contributed by atoms with Crippen molar-refractivity contribution >= 4 is 15.8 Å². The fourth-order valence-electron chi connectivity index (χ4n) is 3.70. The zero-order valence-electron chi connectivity index (χ0n) is 17.8. The normalized spacial score (nSPS) is 17.7. The minimum Gasteiger partial charge on any atom is -0.370 e. The third-order valence-electron chi connectivity index (χ3n) is 5.26. The molecule has 3 rings (SSSR count). The lowest BCUT2D eigenvalue weighted by Crippen LogP contribution is -2.48. The lowest BCUT2D eigenvalue weighted by molar-refractivity contribution is -0.00829. The molecule has 1 saturated heterocycles. The summed E-state index contributed by atoms with van der Waals surface area (Å²) in [6, 6.07) is 17.6. The molecule has 2 aromatic carbocycles. The smallest absolute Gasteiger partial charge is 0.193 e. The van der Waals surface area contributed by atoms with E-state index in [4.69, 9.17) is 4.74 Å². The number of hydrogen-bond donors (Lipinski definition) is 1. The molecule has 0 spiro atoms. The topological polar surface area (TPSA) is 71.0 Å². The molecule has 0 aliphatic carbocycles. The fourth-order valence-corrected chi connectivity index (χ4v) is 5.13. The van der Waals surface area contributed by atoms with E-state index in [1.165, 1.54) is 11.1 Å². The van der Waals surface area contributed by atoms with Crippen molar-refractivity contribution in [3.8, 4) is 0 Å². The standard InChI is InChI=1S/C23H31N3O3S/c1-19-9-6-7-12-21(19)22-17-26(14-15-29-22)23(24-2)25-13-8-16-30(27,28)18-20-10-4-3-5-11-20/h3-7,9-12,22H,8,13-18H2,1-2H3,(H,24,25). The summed E-state index contributed by atoms with van der Waals surface area (Å²) in [5.41, 5.74) is 3.25. The highest BCUT2D eigenvalue weighted by Gasteiger charge is 2.25. The zero-order chi connectivity index (χ0) is 21.4. The van der Waals surface area contributed by atoms with Gasteiger partial charge in [-0.3, -0.25) is 4.99 Å². The van der Waals surface area contributed by atoms with Gasteiger partial charge >= 0.3 is 0 Å². The van der Waals surface area contributed by atoms with Crippen molar-refractivity contribution in [3.63, 3.8) is 0 Å². The third-order valence-corrected chi connectivity index (χ3v) is 6.94. The second-order valence-corrected chi connectivity index (χ2v) is 9.75. The molecule has 0 bridgehead atoms. The molecule has 2 aromatic rings. The summed E-state index contributed by atoms with van der Waals surface area (Å²) >= 11 is 0. The third kappa shape index (κ3) is 6.31. The molecule has 1 aliphatic rings. The van der Waals surface area contributed by atoms with Crippen LogP contribution in [0.2, 0.25) is 0 Å². The number of sulfone groups is 1. The summed E-state index contributed by atoms with van der Waals surface area (Å²) in [4.78, 5) is 6.57. The molecule has 0 saturated carbocycles. The second-order valence-electron chi connectivity index (χ2n) is 7.57. The van der Waals surface area contributed by atoms with Crippen LogP contribution in [-0.2, 0) is 20.3 Å². The Hall–Kier alpha value is -2.38.